The van der Waals surface area contributed by atoms with Gasteiger partial charge in [0.25, 0.3) is 5.56 Å². The number of thioether (sulfide) groups is 1. The number of benzene rings is 2. The van der Waals surface area contributed by atoms with Crippen LogP contribution in [0.4, 0.5) is 5.69 Å². The first-order valence-electron chi connectivity index (χ1n) is 8.85. The molecule has 4 rings (SSSR count). The summed E-state index contributed by atoms with van der Waals surface area (Å²) in [4.78, 5) is 33.1. The minimum atomic E-state index is -0.474. The lowest BCUT2D eigenvalue weighted by Crippen LogP contribution is -2.23. The summed E-state index contributed by atoms with van der Waals surface area (Å²) in [5.74, 6) is -0.0918. The molecular formula is C21H17N3O3S2. The summed E-state index contributed by atoms with van der Waals surface area (Å²) >= 11 is 2.59. The molecule has 2 aromatic heterocycles. The number of H-pyrrole nitrogens is 1. The molecule has 1 atom stereocenters. The van der Waals surface area contributed by atoms with Crippen LogP contribution in [0.25, 0.3) is 21.3 Å². The molecule has 1 amide bonds. The van der Waals surface area contributed by atoms with Crippen LogP contribution < -0.4 is 10.9 Å². The fourth-order valence-corrected chi connectivity index (χ4v) is 4.63. The molecule has 8 heteroatoms. The minimum Gasteiger partial charge on any atom is -0.508 e. The molecule has 0 saturated carbocycles. The number of phenolic OH excluding ortho intramolecular Hbond substituents is 1. The van der Waals surface area contributed by atoms with E-state index in [1.807, 2.05) is 35.7 Å². The van der Waals surface area contributed by atoms with Crippen molar-refractivity contribution < 1.29 is 9.90 Å². The lowest BCUT2D eigenvalue weighted by atomic mass is 10.1. The third kappa shape index (κ3) is 4.18. The van der Waals surface area contributed by atoms with E-state index in [9.17, 15) is 14.7 Å². The summed E-state index contributed by atoms with van der Waals surface area (Å²) in [5, 5.41) is 14.5. The molecule has 0 radical (unpaired) electrons. The number of hydrogen-bond donors (Lipinski definition) is 3. The Morgan fingerprint density at radius 2 is 1.90 bits per heavy atom. The SMILES string of the molecule is CC(Sc1nc2scc(-c3ccccc3)c2c(=O)[nH]1)C(=O)Nc1ccc(O)cc1. The number of amides is 1. The first kappa shape index (κ1) is 19.2. The molecule has 0 spiro atoms. The summed E-state index contributed by atoms with van der Waals surface area (Å²) < 4.78 is 0. The van der Waals surface area contributed by atoms with Gasteiger partial charge in [0, 0.05) is 16.6 Å². The Bertz CT molecular complexity index is 1220. The Kier molecular flexibility index (Phi) is 5.37. The van der Waals surface area contributed by atoms with E-state index in [4.69, 9.17) is 0 Å². The maximum absolute atomic E-state index is 12.7. The predicted octanol–water partition coefficient (Wildman–Crippen LogP) is 4.48. The van der Waals surface area contributed by atoms with Crippen LogP contribution in [-0.2, 0) is 4.79 Å². The van der Waals surface area contributed by atoms with Crippen LogP contribution in [-0.4, -0.2) is 26.2 Å². The van der Waals surface area contributed by atoms with Crippen LogP contribution in [0.3, 0.4) is 0 Å². The van der Waals surface area contributed by atoms with Crippen LogP contribution >= 0.6 is 23.1 Å². The van der Waals surface area contributed by atoms with Crippen LogP contribution in [0, 0.1) is 0 Å². The summed E-state index contributed by atoms with van der Waals surface area (Å²) in [6, 6.07) is 15.9. The second-order valence-electron chi connectivity index (χ2n) is 6.36. The molecule has 29 heavy (non-hydrogen) atoms. The van der Waals surface area contributed by atoms with Crippen molar-refractivity contribution >= 4 is 44.9 Å². The lowest BCUT2D eigenvalue weighted by Gasteiger charge is -2.11. The number of aromatic nitrogens is 2. The largest absolute Gasteiger partial charge is 0.508 e. The topological polar surface area (TPSA) is 95.1 Å². The quantitative estimate of drug-likeness (QED) is 0.250. The number of fused-ring (bicyclic) bond motifs is 1. The zero-order valence-corrected chi connectivity index (χ0v) is 17.0. The van der Waals surface area contributed by atoms with Gasteiger partial charge in [0.15, 0.2) is 5.16 Å². The molecule has 0 aliphatic heterocycles. The van der Waals surface area contributed by atoms with Crippen molar-refractivity contribution in [3.8, 4) is 16.9 Å². The van der Waals surface area contributed by atoms with Gasteiger partial charge in [0.2, 0.25) is 5.91 Å². The van der Waals surface area contributed by atoms with Crippen molar-refractivity contribution in [3.05, 3.63) is 70.3 Å². The van der Waals surface area contributed by atoms with Gasteiger partial charge in [0.1, 0.15) is 10.6 Å². The summed E-state index contributed by atoms with van der Waals surface area (Å²) in [6.45, 7) is 1.74. The number of carbonyl (C=O) groups is 1. The Morgan fingerprint density at radius 1 is 1.17 bits per heavy atom. The van der Waals surface area contributed by atoms with Gasteiger partial charge in [0.05, 0.1) is 10.6 Å². The van der Waals surface area contributed by atoms with Crippen molar-refractivity contribution in [2.24, 2.45) is 0 Å². The number of carbonyl (C=O) groups excluding carboxylic acids is 1. The minimum absolute atomic E-state index is 0.131. The average molecular weight is 424 g/mol. The van der Waals surface area contributed by atoms with Gasteiger partial charge in [-0.1, -0.05) is 42.1 Å². The van der Waals surface area contributed by atoms with Crippen LogP contribution in [0.15, 0.2) is 69.9 Å². The van der Waals surface area contributed by atoms with Gasteiger partial charge in [-0.15, -0.1) is 11.3 Å². The number of phenols is 1. The number of aromatic hydroxyl groups is 1. The van der Waals surface area contributed by atoms with E-state index < -0.39 is 5.25 Å². The molecule has 3 N–H and O–H groups in total. The smallest absolute Gasteiger partial charge is 0.260 e. The normalized spacial score (nSPS) is 12.0. The average Bonchev–Trinajstić information content (AvgIpc) is 3.15. The number of nitrogens with one attached hydrogen (secondary N) is 2. The molecule has 0 aliphatic rings. The van der Waals surface area contributed by atoms with Crippen molar-refractivity contribution in [1.82, 2.24) is 9.97 Å². The van der Waals surface area contributed by atoms with Crippen molar-refractivity contribution in [2.45, 2.75) is 17.3 Å². The van der Waals surface area contributed by atoms with Gasteiger partial charge in [-0.2, -0.15) is 0 Å². The van der Waals surface area contributed by atoms with Crippen molar-refractivity contribution in [2.75, 3.05) is 5.32 Å². The molecule has 2 aromatic carbocycles. The van der Waals surface area contributed by atoms with Crippen molar-refractivity contribution in [1.29, 1.82) is 0 Å². The number of nitrogens with zero attached hydrogens (tertiary/aromatic N) is 1. The van der Waals surface area contributed by atoms with E-state index in [2.05, 4.69) is 15.3 Å². The summed E-state index contributed by atoms with van der Waals surface area (Å²) in [5.41, 5.74) is 2.19. The van der Waals surface area contributed by atoms with E-state index in [-0.39, 0.29) is 17.2 Å². The monoisotopic (exact) mass is 423 g/mol. The molecule has 2 heterocycles. The van der Waals surface area contributed by atoms with Crippen LogP contribution in [0.5, 0.6) is 5.75 Å². The van der Waals surface area contributed by atoms with Crippen molar-refractivity contribution in [3.63, 3.8) is 0 Å². The molecule has 0 fully saturated rings. The van der Waals surface area contributed by atoms with E-state index in [1.165, 1.54) is 35.2 Å². The highest BCUT2D eigenvalue weighted by atomic mass is 32.2. The number of rotatable bonds is 5. The Hall–Kier alpha value is -3.10. The molecule has 6 nitrogen and oxygen atoms in total. The standard InChI is InChI=1S/C21H17N3O3S2/c1-12(18(26)22-14-7-9-15(25)10-8-14)29-21-23-19(27)17-16(11-28-20(17)24-21)13-5-3-2-4-6-13/h2-12,25H,1H3,(H,22,26)(H,23,24,27). The van der Waals surface area contributed by atoms with Gasteiger partial charge < -0.3 is 15.4 Å². The zero-order valence-electron chi connectivity index (χ0n) is 15.4. The third-order valence-electron chi connectivity index (χ3n) is 4.30. The Morgan fingerprint density at radius 3 is 2.62 bits per heavy atom. The first-order valence-corrected chi connectivity index (χ1v) is 10.6. The molecule has 0 bridgehead atoms. The molecule has 0 aliphatic carbocycles. The van der Waals surface area contributed by atoms with Gasteiger partial charge in [-0.05, 0) is 36.8 Å². The van der Waals surface area contributed by atoms with E-state index >= 15 is 0 Å². The maximum atomic E-state index is 12.7. The van der Waals surface area contributed by atoms with E-state index in [0.717, 1.165) is 11.1 Å². The first-order chi connectivity index (χ1) is 14.0. The Balaban J connectivity index is 1.54. The number of thiophene rings is 1. The third-order valence-corrected chi connectivity index (χ3v) is 6.16. The molecular weight excluding hydrogens is 406 g/mol. The highest BCUT2D eigenvalue weighted by Gasteiger charge is 2.18. The highest BCUT2D eigenvalue weighted by molar-refractivity contribution is 8.00. The fraction of sp³-hybridized carbons (Fsp3) is 0.0952. The number of aromatic amines is 1. The number of anilines is 1. The molecule has 146 valence electrons. The fourth-order valence-electron chi connectivity index (χ4n) is 2.82. The van der Waals surface area contributed by atoms with E-state index in [0.29, 0.717) is 21.1 Å². The molecule has 4 aromatic rings. The molecule has 1 unspecified atom stereocenters. The predicted molar refractivity (Wildman–Crippen MR) is 118 cm³/mol. The molecule has 0 saturated heterocycles. The zero-order chi connectivity index (χ0) is 20.4. The van der Waals surface area contributed by atoms with Gasteiger partial charge >= 0.3 is 0 Å². The number of hydrogen-bond acceptors (Lipinski definition) is 6. The second-order valence-corrected chi connectivity index (χ2v) is 8.55. The van der Waals surface area contributed by atoms with Gasteiger partial charge in [-0.3, -0.25) is 9.59 Å². The van der Waals surface area contributed by atoms with Crippen LogP contribution in [0.1, 0.15) is 6.92 Å². The highest BCUT2D eigenvalue weighted by Crippen LogP contribution is 2.32. The second kappa shape index (κ2) is 8.10. The Labute approximate surface area is 174 Å². The summed E-state index contributed by atoms with van der Waals surface area (Å²) in [6.07, 6.45) is 0. The summed E-state index contributed by atoms with van der Waals surface area (Å²) in [7, 11) is 0. The maximum Gasteiger partial charge on any atom is 0.260 e. The van der Waals surface area contributed by atoms with Crippen LogP contribution in [0.2, 0.25) is 0 Å². The van der Waals surface area contributed by atoms with E-state index in [1.54, 1.807) is 19.1 Å². The van der Waals surface area contributed by atoms with Gasteiger partial charge in [-0.25, -0.2) is 4.98 Å². The lowest BCUT2D eigenvalue weighted by molar-refractivity contribution is -0.115.